The molecular weight excluding hydrogens is 272 g/mol. The van der Waals surface area contributed by atoms with Crippen LogP contribution in [-0.2, 0) is 7.05 Å². The zero-order valence-corrected chi connectivity index (χ0v) is 12.4. The van der Waals surface area contributed by atoms with Gasteiger partial charge in [-0.3, -0.25) is 4.68 Å². The van der Waals surface area contributed by atoms with Crippen LogP contribution < -0.4 is 0 Å². The second-order valence-electron chi connectivity index (χ2n) is 5.11. The molecule has 0 saturated heterocycles. The Hall–Kier alpha value is -1.94. The van der Waals surface area contributed by atoms with Gasteiger partial charge in [0.2, 0.25) is 5.28 Å². The third kappa shape index (κ3) is 2.16. The minimum Gasteiger partial charge on any atom is -0.271 e. The van der Waals surface area contributed by atoms with Gasteiger partial charge in [0.25, 0.3) is 0 Å². The summed E-state index contributed by atoms with van der Waals surface area (Å²) in [4.78, 5) is 8.17. The zero-order valence-electron chi connectivity index (χ0n) is 11.6. The molecule has 4 nitrogen and oxygen atoms in total. The number of benzene rings is 1. The van der Waals surface area contributed by atoms with E-state index in [1.807, 2.05) is 29.9 Å². The summed E-state index contributed by atoms with van der Waals surface area (Å²) in [5, 5.41) is 5.97. The Labute approximate surface area is 122 Å². The molecule has 2 heterocycles. The molecule has 5 heteroatoms. The number of aromatic nitrogens is 4. The van der Waals surface area contributed by atoms with Gasteiger partial charge in [-0.2, -0.15) is 5.10 Å². The monoisotopic (exact) mass is 286 g/mol. The van der Waals surface area contributed by atoms with Crippen molar-refractivity contribution in [1.29, 1.82) is 0 Å². The van der Waals surface area contributed by atoms with Gasteiger partial charge in [-0.05, 0) is 35.7 Å². The lowest BCUT2D eigenvalue weighted by molar-refractivity contribution is 0.677. The number of rotatable bonds is 2. The Morgan fingerprint density at radius 1 is 1.20 bits per heavy atom. The maximum Gasteiger partial charge on any atom is 0.222 e. The van der Waals surface area contributed by atoms with E-state index >= 15 is 0 Å². The molecule has 0 unspecified atom stereocenters. The summed E-state index contributed by atoms with van der Waals surface area (Å²) in [5.41, 5.74) is 4.07. The van der Waals surface area contributed by atoms with Gasteiger partial charge in [-0.15, -0.1) is 0 Å². The van der Waals surface area contributed by atoms with Gasteiger partial charge in [0.05, 0.1) is 11.2 Å². The first-order chi connectivity index (χ1) is 9.56. The summed E-state index contributed by atoms with van der Waals surface area (Å²) in [7, 11) is 1.98. The number of hydrogen-bond acceptors (Lipinski definition) is 3. The van der Waals surface area contributed by atoms with Crippen LogP contribution >= 0.6 is 11.6 Å². The van der Waals surface area contributed by atoms with E-state index in [1.54, 1.807) is 6.20 Å². The van der Waals surface area contributed by atoms with E-state index in [4.69, 9.17) is 11.6 Å². The minimum absolute atomic E-state index is 0.262. The van der Waals surface area contributed by atoms with Gasteiger partial charge in [-0.1, -0.05) is 19.9 Å². The number of fused-ring (bicyclic) bond motifs is 1. The van der Waals surface area contributed by atoms with Crippen molar-refractivity contribution in [1.82, 2.24) is 19.7 Å². The van der Waals surface area contributed by atoms with Gasteiger partial charge in [0, 0.05) is 29.9 Å². The highest BCUT2D eigenvalue weighted by Gasteiger charge is 2.13. The van der Waals surface area contributed by atoms with Crippen LogP contribution in [0.5, 0.6) is 0 Å². The molecule has 0 aliphatic heterocycles. The summed E-state index contributed by atoms with van der Waals surface area (Å²) >= 11 is 5.86. The molecular formula is C15H15ClN4. The van der Waals surface area contributed by atoms with Crippen LogP contribution in [0.3, 0.4) is 0 Å². The lowest BCUT2D eigenvalue weighted by Crippen LogP contribution is -1.99. The molecule has 0 saturated carbocycles. The maximum absolute atomic E-state index is 5.86. The summed E-state index contributed by atoms with van der Waals surface area (Å²) in [6.07, 6.45) is 1.67. The Kier molecular flexibility index (Phi) is 3.18. The van der Waals surface area contributed by atoms with Crippen molar-refractivity contribution in [3.63, 3.8) is 0 Å². The molecule has 0 bridgehead atoms. The predicted octanol–water partition coefficient (Wildman–Crippen LogP) is 3.81. The zero-order chi connectivity index (χ0) is 14.3. The summed E-state index contributed by atoms with van der Waals surface area (Å²) in [6.45, 7) is 4.34. The largest absolute Gasteiger partial charge is 0.271 e. The van der Waals surface area contributed by atoms with E-state index in [9.17, 15) is 0 Å². The predicted molar refractivity (Wildman–Crippen MR) is 80.8 cm³/mol. The molecule has 0 radical (unpaired) electrons. The Morgan fingerprint density at radius 3 is 2.70 bits per heavy atom. The highest BCUT2D eigenvalue weighted by Crippen LogP contribution is 2.29. The maximum atomic E-state index is 5.86. The van der Waals surface area contributed by atoms with Crippen LogP contribution in [0.4, 0.5) is 0 Å². The fourth-order valence-electron chi connectivity index (χ4n) is 2.56. The smallest absolute Gasteiger partial charge is 0.222 e. The minimum atomic E-state index is 0.262. The first kappa shape index (κ1) is 13.1. The fourth-order valence-corrected chi connectivity index (χ4v) is 2.71. The van der Waals surface area contributed by atoms with Crippen molar-refractivity contribution in [2.24, 2.45) is 7.05 Å². The molecule has 0 N–H and O–H groups in total. The Bertz CT molecular complexity index is 777. The van der Waals surface area contributed by atoms with Gasteiger partial charge in [0.15, 0.2) is 0 Å². The van der Waals surface area contributed by atoms with E-state index in [-0.39, 0.29) is 5.28 Å². The first-order valence-electron chi connectivity index (χ1n) is 6.52. The van der Waals surface area contributed by atoms with Crippen LogP contribution in [0.2, 0.25) is 5.28 Å². The molecule has 0 aliphatic rings. The fraction of sp³-hybridized carbons (Fsp3) is 0.267. The lowest BCUT2D eigenvalue weighted by Gasteiger charge is -2.06. The van der Waals surface area contributed by atoms with Crippen LogP contribution in [0.25, 0.3) is 22.2 Å². The van der Waals surface area contributed by atoms with Crippen molar-refractivity contribution in [3.05, 3.63) is 41.4 Å². The number of aryl methyl sites for hydroxylation is 1. The molecule has 0 atom stereocenters. The van der Waals surface area contributed by atoms with E-state index in [2.05, 4.69) is 35.0 Å². The second kappa shape index (κ2) is 4.87. The van der Waals surface area contributed by atoms with E-state index < -0.39 is 0 Å². The first-order valence-corrected chi connectivity index (χ1v) is 6.89. The third-order valence-electron chi connectivity index (χ3n) is 3.35. The van der Waals surface area contributed by atoms with Crippen LogP contribution in [0.15, 0.2) is 30.5 Å². The Balaban J connectivity index is 2.22. The van der Waals surface area contributed by atoms with E-state index in [0.717, 1.165) is 22.2 Å². The summed E-state index contributed by atoms with van der Waals surface area (Å²) < 4.78 is 1.95. The van der Waals surface area contributed by atoms with Crippen molar-refractivity contribution < 1.29 is 0 Å². The number of halogens is 1. The van der Waals surface area contributed by atoms with Gasteiger partial charge < -0.3 is 0 Å². The van der Waals surface area contributed by atoms with E-state index in [1.165, 1.54) is 5.69 Å². The van der Waals surface area contributed by atoms with Crippen molar-refractivity contribution in [2.75, 3.05) is 0 Å². The second-order valence-corrected chi connectivity index (χ2v) is 5.44. The van der Waals surface area contributed by atoms with Gasteiger partial charge in [-0.25, -0.2) is 9.97 Å². The third-order valence-corrected chi connectivity index (χ3v) is 3.53. The highest BCUT2D eigenvalue weighted by molar-refractivity contribution is 6.28. The topological polar surface area (TPSA) is 43.6 Å². The lowest BCUT2D eigenvalue weighted by atomic mass is 10.0. The molecule has 0 fully saturated rings. The molecule has 0 aliphatic carbocycles. The van der Waals surface area contributed by atoms with E-state index in [0.29, 0.717) is 5.92 Å². The van der Waals surface area contributed by atoms with Crippen LogP contribution in [0, 0.1) is 0 Å². The van der Waals surface area contributed by atoms with Crippen molar-refractivity contribution >= 4 is 22.5 Å². The van der Waals surface area contributed by atoms with Gasteiger partial charge in [0.1, 0.15) is 0 Å². The summed E-state index contributed by atoms with van der Waals surface area (Å²) in [5.74, 6) is 0.411. The molecule has 2 aromatic heterocycles. The van der Waals surface area contributed by atoms with Gasteiger partial charge >= 0.3 is 0 Å². The Morgan fingerprint density at radius 2 is 2.00 bits per heavy atom. The average molecular weight is 287 g/mol. The molecule has 0 spiro atoms. The quantitative estimate of drug-likeness (QED) is 0.673. The average Bonchev–Trinajstić information content (AvgIpc) is 2.73. The number of hydrogen-bond donors (Lipinski definition) is 0. The van der Waals surface area contributed by atoms with Crippen molar-refractivity contribution in [2.45, 2.75) is 19.8 Å². The molecule has 1 aromatic carbocycles. The van der Waals surface area contributed by atoms with Crippen molar-refractivity contribution in [3.8, 4) is 11.3 Å². The standard InChI is InChI=1S/C15H15ClN4/c1-9(2)14-11-8-10(4-5-13(11)19-20(14)3)12-6-7-17-15(16)18-12/h4-9H,1-3H3. The molecule has 102 valence electrons. The SMILES string of the molecule is CC(C)c1c2cc(-c3ccnc(Cl)n3)ccc2nn1C. The summed E-state index contributed by atoms with van der Waals surface area (Å²) in [6, 6.07) is 8.01. The molecule has 3 rings (SSSR count). The van der Waals surface area contributed by atoms with Crippen LogP contribution in [-0.4, -0.2) is 19.7 Å². The molecule has 0 amide bonds. The number of nitrogens with zero attached hydrogens (tertiary/aromatic N) is 4. The normalized spacial score (nSPS) is 11.4. The molecule has 20 heavy (non-hydrogen) atoms. The van der Waals surface area contributed by atoms with Crippen LogP contribution in [0.1, 0.15) is 25.5 Å². The molecule has 3 aromatic rings. The highest BCUT2D eigenvalue weighted by atomic mass is 35.5.